The Kier molecular flexibility index (Phi) is 8.05. The van der Waals surface area contributed by atoms with E-state index >= 15 is 0 Å². The highest BCUT2D eigenvalue weighted by Crippen LogP contribution is 2.29. The van der Waals surface area contributed by atoms with E-state index in [0.717, 1.165) is 62.0 Å². The van der Waals surface area contributed by atoms with Crippen LogP contribution >= 0.6 is 0 Å². The van der Waals surface area contributed by atoms with E-state index in [-0.39, 0.29) is 30.6 Å². The SMILES string of the molecule is CCCC[N+]1(CC(=O)OC(C)C)CCCCC1C(=O)Nc1c(C)cccc1C. The molecule has 1 heterocycles. The molecule has 2 atom stereocenters. The predicted molar refractivity (Wildman–Crippen MR) is 113 cm³/mol. The van der Waals surface area contributed by atoms with Gasteiger partial charge in [-0.15, -0.1) is 0 Å². The number of nitrogens with zero attached hydrogens (tertiary/aromatic N) is 1. The molecule has 0 radical (unpaired) electrons. The number of quaternary nitrogens is 1. The number of likely N-dealkylation sites (tertiary alicyclic amines) is 1. The van der Waals surface area contributed by atoms with Gasteiger partial charge in [-0.25, -0.2) is 4.79 Å². The number of nitrogens with one attached hydrogen (secondary N) is 1. The van der Waals surface area contributed by atoms with Crippen molar-refractivity contribution in [2.24, 2.45) is 0 Å². The number of unbranched alkanes of at least 4 members (excludes halogenated alkanes) is 1. The molecule has 1 aromatic carbocycles. The third-order valence-electron chi connectivity index (χ3n) is 5.79. The Hall–Kier alpha value is -1.88. The molecule has 28 heavy (non-hydrogen) atoms. The van der Waals surface area contributed by atoms with Crippen LogP contribution in [-0.2, 0) is 14.3 Å². The summed E-state index contributed by atoms with van der Waals surface area (Å²) in [5.41, 5.74) is 3.03. The van der Waals surface area contributed by atoms with E-state index < -0.39 is 0 Å². The average molecular weight is 390 g/mol. The van der Waals surface area contributed by atoms with Gasteiger partial charge in [-0.2, -0.15) is 0 Å². The van der Waals surface area contributed by atoms with Crippen LogP contribution < -0.4 is 5.32 Å². The third kappa shape index (κ3) is 5.57. The molecule has 1 saturated heterocycles. The maximum atomic E-state index is 13.4. The first-order chi connectivity index (χ1) is 13.3. The van der Waals surface area contributed by atoms with E-state index in [1.165, 1.54) is 0 Å². The molecular formula is C23H37N2O3+. The van der Waals surface area contributed by atoms with Gasteiger partial charge in [0.15, 0.2) is 12.6 Å². The molecule has 0 bridgehead atoms. The monoisotopic (exact) mass is 389 g/mol. The van der Waals surface area contributed by atoms with Gasteiger partial charge in [-0.3, -0.25) is 4.79 Å². The second kappa shape index (κ2) is 10.1. The lowest BCUT2D eigenvalue weighted by atomic mass is 9.95. The maximum Gasteiger partial charge on any atom is 0.362 e. The van der Waals surface area contributed by atoms with E-state index in [2.05, 4.69) is 12.2 Å². The van der Waals surface area contributed by atoms with Crippen molar-refractivity contribution in [1.82, 2.24) is 0 Å². The maximum absolute atomic E-state index is 13.4. The minimum Gasteiger partial charge on any atom is -0.459 e. The van der Waals surface area contributed by atoms with E-state index in [4.69, 9.17) is 4.74 Å². The number of aryl methyl sites for hydroxylation is 2. The second-order valence-electron chi connectivity index (χ2n) is 8.48. The molecule has 1 amide bonds. The Labute approximate surface area is 170 Å². The first-order valence-electron chi connectivity index (χ1n) is 10.7. The van der Waals surface area contributed by atoms with Crippen LogP contribution in [-0.4, -0.2) is 48.1 Å². The normalized spacial score (nSPS) is 22.1. The van der Waals surface area contributed by atoms with Crippen molar-refractivity contribution in [2.45, 2.75) is 78.9 Å². The Morgan fingerprint density at radius 2 is 1.89 bits per heavy atom. The number of rotatable bonds is 8. The molecule has 156 valence electrons. The van der Waals surface area contributed by atoms with Crippen LogP contribution in [0.5, 0.6) is 0 Å². The Morgan fingerprint density at radius 1 is 1.21 bits per heavy atom. The first-order valence-corrected chi connectivity index (χ1v) is 10.7. The van der Waals surface area contributed by atoms with Crippen molar-refractivity contribution in [3.63, 3.8) is 0 Å². The minimum absolute atomic E-state index is 0.0329. The summed E-state index contributed by atoms with van der Waals surface area (Å²) in [7, 11) is 0. The van der Waals surface area contributed by atoms with E-state index in [1.807, 2.05) is 45.9 Å². The standard InChI is InChI=1S/C23H36N2O3/c1-6-7-14-25(16-21(26)28-17(2)3)15-9-8-13-20(25)23(27)24-22-18(4)11-10-12-19(22)5/h10-12,17,20H,6-9,13-16H2,1-5H3/p+1. The fourth-order valence-corrected chi connectivity index (χ4v) is 4.36. The Bertz CT molecular complexity index is 666. The fourth-order valence-electron chi connectivity index (χ4n) is 4.36. The number of benzene rings is 1. The molecule has 0 saturated carbocycles. The summed E-state index contributed by atoms with van der Waals surface area (Å²) in [4.78, 5) is 25.9. The summed E-state index contributed by atoms with van der Waals surface area (Å²) in [6, 6.07) is 5.83. The number of para-hydroxylation sites is 1. The molecule has 2 unspecified atom stereocenters. The van der Waals surface area contributed by atoms with Crippen LogP contribution in [0.3, 0.4) is 0 Å². The molecule has 1 aromatic rings. The van der Waals surface area contributed by atoms with E-state index in [0.29, 0.717) is 4.48 Å². The van der Waals surface area contributed by atoms with Crippen molar-refractivity contribution in [3.8, 4) is 0 Å². The highest BCUT2D eigenvalue weighted by atomic mass is 16.5. The Morgan fingerprint density at radius 3 is 2.50 bits per heavy atom. The van der Waals surface area contributed by atoms with Crippen LogP contribution in [0.15, 0.2) is 18.2 Å². The smallest absolute Gasteiger partial charge is 0.362 e. The van der Waals surface area contributed by atoms with Gasteiger partial charge in [0, 0.05) is 12.1 Å². The number of ether oxygens (including phenoxy) is 1. The van der Waals surface area contributed by atoms with Crippen LogP contribution in [0.1, 0.15) is 64.0 Å². The van der Waals surface area contributed by atoms with Crippen LogP contribution in [0, 0.1) is 13.8 Å². The fraction of sp³-hybridized carbons (Fsp3) is 0.652. The molecule has 1 fully saturated rings. The van der Waals surface area contributed by atoms with Gasteiger partial charge in [0.25, 0.3) is 5.91 Å². The van der Waals surface area contributed by atoms with Gasteiger partial charge in [0.05, 0.1) is 19.2 Å². The molecule has 1 aliphatic rings. The first kappa shape index (κ1) is 22.4. The summed E-state index contributed by atoms with van der Waals surface area (Å²) < 4.78 is 5.98. The van der Waals surface area contributed by atoms with Crippen LogP contribution in [0.4, 0.5) is 5.69 Å². The number of amides is 1. The van der Waals surface area contributed by atoms with E-state index in [9.17, 15) is 9.59 Å². The lowest BCUT2D eigenvalue weighted by Gasteiger charge is -2.46. The quantitative estimate of drug-likeness (QED) is 0.531. The van der Waals surface area contributed by atoms with Crippen molar-refractivity contribution < 1.29 is 18.8 Å². The summed E-state index contributed by atoms with van der Waals surface area (Å²) in [6.07, 6.45) is 4.80. The van der Waals surface area contributed by atoms with Crippen LogP contribution in [0.25, 0.3) is 0 Å². The molecule has 5 nitrogen and oxygen atoms in total. The number of piperidine rings is 1. The van der Waals surface area contributed by atoms with Crippen molar-refractivity contribution in [1.29, 1.82) is 0 Å². The van der Waals surface area contributed by atoms with Crippen molar-refractivity contribution >= 4 is 17.6 Å². The van der Waals surface area contributed by atoms with Gasteiger partial charge in [0.1, 0.15) is 0 Å². The van der Waals surface area contributed by atoms with Crippen LogP contribution in [0.2, 0.25) is 0 Å². The van der Waals surface area contributed by atoms with Crippen molar-refractivity contribution in [2.75, 3.05) is 25.0 Å². The second-order valence-corrected chi connectivity index (χ2v) is 8.48. The molecule has 0 spiro atoms. The van der Waals surface area contributed by atoms with Gasteiger partial charge in [-0.05, 0) is 58.1 Å². The molecule has 1 N–H and O–H groups in total. The summed E-state index contributed by atoms with van der Waals surface area (Å²) in [5.74, 6) is -0.163. The zero-order valence-electron chi connectivity index (χ0n) is 18.2. The molecule has 0 aromatic heterocycles. The minimum atomic E-state index is -0.209. The largest absolute Gasteiger partial charge is 0.459 e. The predicted octanol–water partition coefficient (Wildman–Crippen LogP) is 4.36. The number of carbonyl (C=O) groups is 2. The highest BCUT2D eigenvalue weighted by molar-refractivity contribution is 5.95. The highest BCUT2D eigenvalue weighted by Gasteiger charge is 2.45. The average Bonchev–Trinajstić information content (AvgIpc) is 2.62. The number of esters is 1. The zero-order valence-corrected chi connectivity index (χ0v) is 18.2. The number of anilines is 1. The van der Waals surface area contributed by atoms with Gasteiger partial charge in [0.2, 0.25) is 0 Å². The van der Waals surface area contributed by atoms with Gasteiger partial charge in [-0.1, -0.05) is 31.5 Å². The number of hydrogen-bond donors (Lipinski definition) is 1. The molecule has 5 heteroatoms. The topological polar surface area (TPSA) is 55.4 Å². The number of carbonyl (C=O) groups excluding carboxylic acids is 2. The molecule has 2 rings (SSSR count). The third-order valence-corrected chi connectivity index (χ3v) is 5.79. The summed E-state index contributed by atoms with van der Waals surface area (Å²) >= 11 is 0. The summed E-state index contributed by atoms with van der Waals surface area (Å²) in [6.45, 7) is 11.9. The van der Waals surface area contributed by atoms with Gasteiger partial charge >= 0.3 is 5.97 Å². The van der Waals surface area contributed by atoms with Gasteiger partial charge < -0.3 is 14.5 Å². The molecule has 0 aliphatic carbocycles. The summed E-state index contributed by atoms with van der Waals surface area (Å²) in [5, 5.41) is 3.19. The lowest BCUT2D eigenvalue weighted by Crippen LogP contribution is -2.64. The Balaban J connectivity index is 2.28. The lowest BCUT2D eigenvalue weighted by molar-refractivity contribution is -0.940. The van der Waals surface area contributed by atoms with Crippen molar-refractivity contribution in [3.05, 3.63) is 29.3 Å². The molecule has 1 aliphatic heterocycles. The van der Waals surface area contributed by atoms with E-state index in [1.54, 1.807) is 0 Å². The number of hydrogen-bond acceptors (Lipinski definition) is 3. The zero-order chi connectivity index (χ0) is 20.7. The molecular weight excluding hydrogens is 352 g/mol.